The van der Waals surface area contributed by atoms with Gasteiger partial charge in [0.15, 0.2) is 0 Å². The first kappa shape index (κ1) is 16.6. The van der Waals surface area contributed by atoms with Crippen molar-refractivity contribution >= 4 is 33.7 Å². The molecule has 128 valence electrons. The highest BCUT2D eigenvalue weighted by Crippen LogP contribution is 2.20. The third-order valence-electron chi connectivity index (χ3n) is 4.08. The second-order valence-electron chi connectivity index (χ2n) is 5.78. The molecule has 2 amide bonds. The van der Waals surface area contributed by atoms with Crippen LogP contribution in [-0.2, 0) is 23.2 Å². The fourth-order valence-corrected chi connectivity index (χ4v) is 3.06. The highest BCUT2D eigenvalue weighted by Gasteiger charge is 2.28. The average molecular weight is 396 g/mol. The van der Waals surface area contributed by atoms with E-state index in [4.69, 9.17) is 0 Å². The number of anilines is 1. The molecule has 3 rings (SSSR count). The monoisotopic (exact) mass is 395 g/mol. The van der Waals surface area contributed by atoms with Crippen LogP contribution in [0.4, 0.5) is 5.95 Å². The van der Waals surface area contributed by atoms with E-state index >= 15 is 0 Å². The number of hydrogen-bond donors (Lipinski definition) is 1. The minimum absolute atomic E-state index is 0.257. The number of carbonyl (C=O) groups is 2. The summed E-state index contributed by atoms with van der Waals surface area (Å²) in [7, 11) is 1.65. The van der Waals surface area contributed by atoms with E-state index < -0.39 is 11.8 Å². The van der Waals surface area contributed by atoms with Crippen molar-refractivity contribution in [1.82, 2.24) is 29.4 Å². The molecule has 0 radical (unpaired) electrons. The van der Waals surface area contributed by atoms with Crippen molar-refractivity contribution in [3.8, 4) is 0 Å². The van der Waals surface area contributed by atoms with Gasteiger partial charge in [0.25, 0.3) is 0 Å². The predicted octanol–water partition coefficient (Wildman–Crippen LogP) is 0.651. The predicted molar refractivity (Wildman–Crippen MR) is 88.9 cm³/mol. The number of nitrogens with zero attached hydrogens (tertiary/aromatic N) is 6. The fraction of sp³-hybridized carbons (Fsp3) is 0.500. The summed E-state index contributed by atoms with van der Waals surface area (Å²) in [6, 6.07) is 0. The van der Waals surface area contributed by atoms with Crippen molar-refractivity contribution in [2.45, 2.75) is 19.4 Å². The average Bonchev–Trinajstić information content (AvgIpc) is 3.16. The minimum atomic E-state index is -0.680. The number of nitrogens with one attached hydrogen (secondary N) is 1. The highest BCUT2D eigenvalue weighted by atomic mass is 79.9. The van der Waals surface area contributed by atoms with E-state index in [1.54, 1.807) is 18.1 Å². The maximum Gasteiger partial charge on any atom is 0.316 e. The zero-order valence-electron chi connectivity index (χ0n) is 13.2. The maximum absolute atomic E-state index is 12.2. The third-order valence-corrected chi connectivity index (χ3v) is 4.49. The fourth-order valence-electron chi connectivity index (χ4n) is 2.73. The lowest BCUT2D eigenvalue weighted by Crippen LogP contribution is -2.44. The lowest BCUT2D eigenvalue weighted by Gasteiger charge is -2.31. The Morgan fingerprint density at radius 3 is 2.67 bits per heavy atom. The topological polar surface area (TPSA) is 97.9 Å². The van der Waals surface area contributed by atoms with Crippen molar-refractivity contribution in [2.75, 3.05) is 18.4 Å². The molecular weight excluding hydrogens is 378 g/mol. The van der Waals surface area contributed by atoms with E-state index in [2.05, 4.69) is 36.4 Å². The van der Waals surface area contributed by atoms with Gasteiger partial charge in [0.1, 0.15) is 6.33 Å². The van der Waals surface area contributed by atoms with Gasteiger partial charge in [0.05, 0.1) is 10.7 Å². The van der Waals surface area contributed by atoms with Crippen LogP contribution >= 0.6 is 15.9 Å². The Bertz CT molecular complexity index is 733. The van der Waals surface area contributed by atoms with Gasteiger partial charge in [-0.3, -0.25) is 19.6 Å². The van der Waals surface area contributed by atoms with Gasteiger partial charge in [-0.1, -0.05) is 0 Å². The zero-order chi connectivity index (χ0) is 17.1. The highest BCUT2D eigenvalue weighted by molar-refractivity contribution is 9.10. The summed E-state index contributed by atoms with van der Waals surface area (Å²) in [4.78, 5) is 29.7. The van der Waals surface area contributed by atoms with Crippen LogP contribution < -0.4 is 5.32 Å². The van der Waals surface area contributed by atoms with Gasteiger partial charge < -0.3 is 4.90 Å². The lowest BCUT2D eigenvalue weighted by atomic mass is 9.97. The van der Waals surface area contributed by atoms with Gasteiger partial charge in [-0.15, -0.1) is 0 Å². The first-order valence-corrected chi connectivity index (χ1v) is 8.44. The molecule has 24 heavy (non-hydrogen) atoms. The number of rotatable bonds is 3. The molecule has 0 aromatic carbocycles. The molecule has 0 spiro atoms. The van der Waals surface area contributed by atoms with Crippen molar-refractivity contribution in [1.29, 1.82) is 0 Å². The standard InChI is InChI=1S/C14H18BrN7O2/c1-20-14(16-9-18-20)19-12(23)13(24)21-4-2-10(3-5-21)7-22-8-11(15)6-17-22/h6,8-10H,2-5,7H2,1H3,(H,16,18,19,23). The molecule has 9 nitrogen and oxygen atoms in total. The molecule has 1 saturated heterocycles. The summed E-state index contributed by atoms with van der Waals surface area (Å²) in [5, 5.41) is 10.6. The van der Waals surface area contributed by atoms with Crippen molar-refractivity contribution in [3.05, 3.63) is 23.2 Å². The number of piperidine rings is 1. The van der Waals surface area contributed by atoms with Gasteiger partial charge in [-0.25, -0.2) is 4.68 Å². The number of carbonyl (C=O) groups excluding carboxylic acids is 2. The van der Waals surface area contributed by atoms with E-state index in [0.29, 0.717) is 19.0 Å². The number of aromatic nitrogens is 5. The molecule has 0 bridgehead atoms. The number of likely N-dealkylation sites (tertiary alicyclic amines) is 1. The molecule has 0 atom stereocenters. The quantitative estimate of drug-likeness (QED) is 0.769. The molecular formula is C14H18BrN7O2. The smallest absolute Gasteiger partial charge is 0.316 e. The van der Waals surface area contributed by atoms with E-state index in [1.807, 2.05) is 10.9 Å². The van der Waals surface area contributed by atoms with Gasteiger partial charge in [-0.2, -0.15) is 15.2 Å². The first-order chi connectivity index (χ1) is 11.5. The van der Waals surface area contributed by atoms with Gasteiger partial charge >= 0.3 is 11.8 Å². The van der Waals surface area contributed by atoms with Crippen molar-refractivity contribution < 1.29 is 9.59 Å². The number of halogens is 1. The van der Waals surface area contributed by atoms with Crippen LogP contribution in [0.3, 0.4) is 0 Å². The summed E-state index contributed by atoms with van der Waals surface area (Å²) in [6.45, 7) is 1.95. The Labute approximate surface area is 147 Å². The normalized spacial score (nSPS) is 15.5. The van der Waals surface area contributed by atoms with Crippen LogP contribution in [-0.4, -0.2) is 54.3 Å². The molecule has 1 aliphatic heterocycles. The van der Waals surface area contributed by atoms with Crippen LogP contribution in [0.1, 0.15) is 12.8 Å². The molecule has 10 heteroatoms. The third kappa shape index (κ3) is 3.81. The van der Waals surface area contributed by atoms with Crippen molar-refractivity contribution in [3.63, 3.8) is 0 Å². The molecule has 2 aromatic heterocycles. The molecule has 3 heterocycles. The van der Waals surface area contributed by atoms with Gasteiger partial charge in [0, 0.05) is 32.9 Å². The molecule has 0 aliphatic carbocycles. The molecule has 1 aliphatic rings. The first-order valence-electron chi connectivity index (χ1n) is 7.65. The molecule has 0 unspecified atom stereocenters. The Morgan fingerprint density at radius 2 is 2.08 bits per heavy atom. The van der Waals surface area contributed by atoms with E-state index in [0.717, 1.165) is 23.9 Å². The van der Waals surface area contributed by atoms with Crippen LogP contribution in [0.15, 0.2) is 23.2 Å². The maximum atomic E-state index is 12.2. The zero-order valence-corrected chi connectivity index (χ0v) is 14.8. The molecule has 1 N–H and O–H groups in total. The van der Waals surface area contributed by atoms with Crippen LogP contribution in [0.2, 0.25) is 0 Å². The Balaban J connectivity index is 1.49. The number of aryl methyl sites for hydroxylation is 1. The number of amides is 2. The second kappa shape index (κ2) is 7.12. The molecule has 2 aromatic rings. The summed E-state index contributed by atoms with van der Waals surface area (Å²) in [5.74, 6) is -0.506. The Kier molecular flexibility index (Phi) is 4.93. The SMILES string of the molecule is Cn1ncnc1NC(=O)C(=O)N1CCC(Cn2cc(Br)cn2)CC1. The van der Waals surface area contributed by atoms with Gasteiger partial charge in [0.2, 0.25) is 5.95 Å². The van der Waals surface area contributed by atoms with Crippen LogP contribution in [0.5, 0.6) is 0 Å². The Morgan fingerprint density at radius 1 is 1.33 bits per heavy atom. The lowest BCUT2D eigenvalue weighted by molar-refractivity contribution is -0.144. The molecule has 0 saturated carbocycles. The van der Waals surface area contributed by atoms with Gasteiger partial charge in [-0.05, 0) is 34.7 Å². The van der Waals surface area contributed by atoms with E-state index in [-0.39, 0.29) is 5.95 Å². The van der Waals surface area contributed by atoms with Crippen LogP contribution in [0.25, 0.3) is 0 Å². The summed E-state index contributed by atoms with van der Waals surface area (Å²) >= 11 is 3.38. The summed E-state index contributed by atoms with van der Waals surface area (Å²) in [6.07, 6.45) is 6.71. The number of hydrogen-bond acceptors (Lipinski definition) is 5. The Hall–Kier alpha value is -2.23. The van der Waals surface area contributed by atoms with E-state index in [1.165, 1.54) is 11.0 Å². The second-order valence-corrected chi connectivity index (χ2v) is 6.69. The summed E-state index contributed by atoms with van der Waals surface area (Å²) in [5.41, 5.74) is 0. The largest absolute Gasteiger partial charge is 0.334 e. The summed E-state index contributed by atoms with van der Waals surface area (Å²) < 4.78 is 4.25. The van der Waals surface area contributed by atoms with E-state index in [9.17, 15) is 9.59 Å². The van der Waals surface area contributed by atoms with Crippen molar-refractivity contribution in [2.24, 2.45) is 13.0 Å². The molecule has 1 fully saturated rings. The minimum Gasteiger partial charge on any atom is -0.334 e. The van der Waals surface area contributed by atoms with Crippen LogP contribution in [0, 0.1) is 5.92 Å².